The number of likely N-dealkylation sites (N-methyl/N-ethyl adjacent to an activating group) is 1. The molecule has 0 radical (unpaired) electrons. The summed E-state index contributed by atoms with van der Waals surface area (Å²) in [6, 6.07) is 15.2. The highest BCUT2D eigenvalue weighted by molar-refractivity contribution is 5.83. The molecule has 1 fully saturated rings. The van der Waals surface area contributed by atoms with Gasteiger partial charge >= 0.3 is 11.9 Å². The molecule has 2 heterocycles. The minimum Gasteiger partial charge on any atom is -0.494 e. The first-order valence-electron chi connectivity index (χ1n) is 13.8. The van der Waals surface area contributed by atoms with Crippen molar-refractivity contribution >= 4 is 16.7 Å². The highest BCUT2D eigenvalue weighted by atomic mass is 19.4. The first kappa shape index (κ1) is 29.7. The van der Waals surface area contributed by atoms with Crippen LogP contribution in [0.3, 0.4) is 0 Å². The van der Waals surface area contributed by atoms with Gasteiger partial charge in [-0.2, -0.15) is 13.2 Å². The maximum atomic E-state index is 15.3. The van der Waals surface area contributed by atoms with Crippen molar-refractivity contribution in [2.24, 2.45) is 0 Å². The number of nitrogens with zero attached hydrogens (tertiary/aromatic N) is 4. The minimum absolute atomic E-state index is 0.0151. The summed E-state index contributed by atoms with van der Waals surface area (Å²) in [7, 11) is 5.04. The smallest absolute Gasteiger partial charge is 0.416 e. The van der Waals surface area contributed by atoms with Crippen molar-refractivity contribution in [3.05, 3.63) is 93.7 Å². The van der Waals surface area contributed by atoms with Crippen molar-refractivity contribution in [3.63, 3.8) is 0 Å². The zero-order valence-electron chi connectivity index (χ0n) is 23.8. The van der Waals surface area contributed by atoms with Crippen molar-refractivity contribution in [1.29, 1.82) is 0 Å². The third-order valence-corrected chi connectivity index (χ3v) is 7.85. The monoisotopic (exact) mass is 586 g/mol. The summed E-state index contributed by atoms with van der Waals surface area (Å²) in [6.07, 6.45) is -4.01. The fourth-order valence-electron chi connectivity index (χ4n) is 5.89. The molecule has 1 saturated heterocycles. The van der Waals surface area contributed by atoms with Crippen LogP contribution in [-0.2, 0) is 24.0 Å². The average Bonchev–Trinajstić information content (AvgIpc) is 3.54. The van der Waals surface area contributed by atoms with E-state index in [1.807, 2.05) is 18.0 Å². The summed E-state index contributed by atoms with van der Waals surface area (Å²) in [5, 5.41) is 0. The van der Waals surface area contributed by atoms with Gasteiger partial charge in [-0.15, -0.1) is 0 Å². The Morgan fingerprint density at radius 1 is 1.00 bits per heavy atom. The van der Waals surface area contributed by atoms with E-state index < -0.39 is 17.4 Å². The number of fused-ring (bicyclic) bond motifs is 1. The molecule has 1 atom stereocenters. The molecule has 0 N–H and O–H groups in total. The van der Waals surface area contributed by atoms with Gasteiger partial charge in [0.2, 0.25) is 0 Å². The van der Waals surface area contributed by atoms with E-state index in [4.69, 9.17) is 9.47 Å². The third-order valence-electron chi connectivity index (χ3n) is 7.85. The molecule has 0 amide bonds. The van der Waals surface area contributed by atoms with Gasteiger partial charge in [-0.05, 0) is 48.9 Å². The van der Waals surface area contributed by atoms with E-state index in [1.54, 1.807) is 35.9 Å². The van der Waals surface area contributed by atoms with Crippen LogP contribution in [0.5, 0.6) is 5.75 Å². The zero-order valence-corrected chi connectivity index (χ0v) is 23.8. The molecule has 0 aliphatic carbocycles. The van der Waals surface area contributed by atoms with Gasteiger partial charge in [0.1, 0.15) is 17.1 Å². The molecule has 224 valence electrons. The number of imidazole rings is 1. The largest absolute Gasteiger partial charge is 0.494 e. The Labute approximate surface area is 241 Å². The molecule has 3 aromatic carbocycles. The SMILES string of the molecule is COCCN(C)Cc1cccc(F)c1N1CCC(n2c(=O)n(Cc3ccccc3C(F)(F)F)c3c(OC)cccc32)C1. The number of aromatic nitrogens is 2. The molecule has 4 aromatic rings. The molecular weight excluding hydrogens is 552 g/mol. The summed E-state index contributed by atoms with van der Waals surface area (Å²) in [5.41, 5.74) is 1.06. The molecule has 0 spiro atoms. The molecule has 7 nitrogen and oxygen atoms in total. The Balaban J connectivity index is 1.53. The molecule has 1 aliphatic rings. The Bertz CT molecular complexity index is 1610. The molecule has 0 bridgehead atoms. The van der Waals surface area contributed by atoms with Gasteiger partial charge in [0.15, 0.2) is 0 Å². The Morgan fingerprint density at radius 3 is 2.48 bits per heavy atom. The topological polar surface area (TPSA) is 51.9 Å². The Kier molecular flexibility index (Phi) is 8.60. The second-order valence-electron chi connectivity index (χ2n) is 10.6. The summed E-state index contributed by atoms with van der Waals surface area (Å²) in [5.74, 6) is 0.0478. The van der Waals surface area contributed by atoms with Crippen LogP contribution in [0.2, 0.25) is 0 Å². The summed E-state index contributed by atoms with van der Waals surface area (Å²) in [6.45, 7) is 2.36. The first-order valence-corrected chi connectivity index (χ1v) is 13.8. The van der Waals surface area contributed by atoms with Crippen LogP contribution >= 0.6 is 0 Å². The number of anilines is 1. The fourth-order valence-corrected chi connectivity index (χ4v) is 5.89. The van der Waals surface area contributed by atoms with E-state index in [-0.39, 0.29) is 24.0 Å². The lowest BCUT2D eigenvalue weighted by atomic mass is 10.1. The molecule has 0 saturated carbocycles. The van der Waals surface area contributed by atoms with Crippen LogP contribution in [0.15, 0.2) is 65.5 Å². The van der Waals surface area contributed by atoms with E-state index in [0.29, 0.717) is 61.7 Å². The Morgan fingerprint density at radius 2 is 1.74 bits per heavy atom. The van der Waals surface area contributed by atoms with E-state index in [1.165, 1.54) is 35.9 Å². The number of ether oxygens (including phenoxy) is 2. The average molecular weight is 587 g/mol. The number of para-hydroxylation sites is 2. The predicted octanol–water partition coefficient (Wildman–Crippen LogP) is 5.55. The number of rotatable bonds is 10. The summed E-state index contributed by atoms with van der Waals surface area (Å²) < 4.78 is 70.4. The molecule has 42 heavy (non-hydrogen) atoms. The fraction of sp³-hybridized carbons (Fsp3) is 0.387. The van der Waals surface area contributed by atoms with Gasteiger partial charge in [0, 0.05) is 33.3 Å². The maximum Gasteiger partial charge on any atom is 0.416 e. The van der Waals surface area contributed by atoms with Gasteiger partial charge in [-0.1, -0.05) is 36.4 Å². The van der Waals surface area contributed by atoms with E-state index in [2.05, 4.69) is 4.90 Å². The predicted molar refractivity (Wildman–Crippen MR) is 154 cm³/mol. The standard InChI is InChI=1S/C31H34F4N4O3/c1-36(16-17-41-2)18-22-9-6-11-25(32)28(22)37-15-14-23(20-37)39-26-12-7-13-27(42-3)29(26)38(30(39)40)19-21-8-4-5-10-24(21)31(33,34)35/h4-13,23H,14-20H2,1-3H3. The summed E-state index contributed by atoms with van der Waals surface area (Å²) >= 11 is 0. The van der Waals surface area contributed by atoms with Crippen molar-refractivity contribution in [2.45, 2.75) is 31.7 Å². The van der Waals surface area contributed by atoms with Gasteiger partial charge in [0.25, 0.3) is 0 Å². The molecule has 5 rings (SSSR count). The second kappa shape index (κ2) is 12.2. The van der Waals surface area contributed by atoms with Crippen LogP contribution in [-0.4, -0.2) is 61.5 Å². The van der Waals surface area contributed by atoms with Crippen LogP contribution < -0.4 is 15.3 Å². The van der Waals surface area contributed by atoms with Crippen LogP contribution in [0.25, 0.3) is 11.0 Å². The number of methoxy groups -OCH3 is 2. The highest BCUT2D eigenvalue weighted by Gasteiger charge is 2.35. The lowest BCUT2D eigenvalue weighted by Crippen LogP contribution is -2.31. The molecule has 1 aliphatic heterocycles. The maximum absolute atomic E-state index is 15.3. The molecule has 11 heteroatoms. The molecular formula is C31H34F4N4O3. The zero-order chi connectivity index (χ0) is 30.0. The van der Waals surface area contributed by atoms with Crippen LogP contribution in [0.1, 0.15) is 29.2 Å². The lowest BCUT2D eigenvalue weighted by molar-refractivity contribution is -0.138. The second-order valence-corrected chi connectivity index (χ2v) is 10.6. The quantitative estimate of drug-likeness (QED) is 0.228. The van der Waals surface area contributed by atoms with Gasteiger partial charge < -0.3 is 14.4 Å². The van der Waals surface area contributed by atoms with Crippen molar-refractivity contribution in [3.8, 4) is 5.75 Å². The highest BCUT2D eigenvalue weighted by Crippen LogP contribution is 2.36. The Hall–Kier alpha value is -3.83. The van der Waals surface area contributed by atoms with Crippen LogP contribution in [0.4, 0.5) is 23.2 Å². The van der Waals surface area contributed by atoms with Gasteiger partial charge in [-0.3, -0.25) is 14.0 Å². The van der Waals surface area contributed by atoms with Crippen molar-refractivity contribution in [2.75, 3.05) is 52.4 Å². The number of halogens is 4. The third kappa shape index (κ3) is 5.76. The normalized spacial score (nSPS) is 15.7. The van der Waals surface area contributed by atoms with Crippen LogP contribution in [0, 0.1) is 5.82 Å². The number of alkyl halides is 3. The van der Waals surface area contributed by atoms with E-state index >= 15 is 4.39 Å². The lowest BCUT2D eigenvalue weighted by Gasteiger charge is -2.25. The van der Waals surface area contributed by atoms with Gasteiger partial charge in [-0.25, -0.2) is 9.18 Å². The summed E-state index contributed by atoms with van der Waals surface area (Å²) in [4.78, 5) is 18.0. The molecule has 1 unspecified atom stereocenters. The van der Waals surface area contributed by atoms with Crippen molar-refractivity contribution < 1.29 is 27.0 Å². The number of hydrogen-bond acceptors (Lipinski definition) is 5. The van der Waals surface area contributed by atoms with Crippen molar-refractivity contribution in [1.82, 2.24) is 14.0 Å². The first-order chi connectivity index (χ1) is 20.1. The molecule has 1 aromatic heterocycles. The number of benzene rings is 3. The minimum atomic E-state index is -4.57. The van der Waals surface area contributed by atoms with E-state index in [9.17, 15) is 18.0 Å². The van der Waals surface area contributed by atoms with E-state index in [0.717, 1.165) is 11.6 Å². The van der Waals surface area contributed by atoms with Gasteiger partial charge in [0.05, 0.1) is 43.1 Å². The number of hydrogen-bond donors (Lipinski definition) is 0.